The Morgan fingerprint density at radius 3 is 2.53 bits per heavy atom. The van der Waals surface area contributed by atoms with Crippen molar-refractivity contribution >= 4 is 29.3 Å². The number of benzene rings is 1. The minimum atomic E-state index is -1.06. The fourth-order valence-corrected chi connectivity index (χ4v) is 1.83. The summed E-state index contributed by atoms with van der Waals surface area (Å²) in [5.41, 5.74) is 1.45. The first-order valence-corrected chi connectivity index (χ1v) is 6.24. The van der Waals surface area contributed by atoms with Crippen LogP contribution in [0.2, 0.25) is 5.02 Å². The number of anilines is 1. The van der Waals surface area contributed by atoms with Crippen LogP contribution in [0.3, 0.4) is 0 Å². The van der Waals surface area contributed by atoms with Gasteiger partial charge in [-0.2, -0.15) is 0 Å². The van der Waals surface area contributed by atoms with Gasteiger partial charge in [0.15, 0.2) is 0 Å². The number of aryl methyl sites for hydroxylation is 1. The molecule has 0 unspecified atom stereocenters. The molecule has 1 aromatic rings. The lowest BCUT2D eigenvalue weighted by atomic mass is 10.2. The van der Waals surface area contributed by atoms with Gasteiger partial charge in [-0.3, -0.25) is 4.79 Å². The smallest absolute Gasteiger partial charge is 0.323 e. The van der Waals surface area contributed by atoms with E-state index in [0.717, 1.165) is 5.56 Å². The van der Waals surface area contributed by atoms with Crippen LogP contribution in [0.15, 0.2) is 18.2 Å². The van der Waals surface area contributed by atoms with Gasteiger partial charge in [-0.1, -0.05) is 17.7 Å². The van der Waals surface area contributed by atoms with Gasteiger partial charge in [0.05, 0.1) is 10.7 Å². The van der Waals surface area contributed by atoms with E-state index in [1.54, 1.807) is 26.0 Å². The summed E-state index contributed by atoms with van der Waals surface area (Å²) in [6.07, 6.45) is 0. The summed E-state index contributed by atoms with van der Waals surface area (Å²) in [5, 5.41) is 11.8. The minimum absolute atomic E-state index is 0.222. The highest BCUT2D eigenvalue weighted by atomic mass is 35.5. The third-order valence-corrected chi connectivity index (χ3v) is 2.87. The second-order valence-corrected chi connectivity index (χ2v) is 4.94. The standard InChI is InChI=1S/C13H17ClN2O3/c1-8(2)16(7-12(17)18)13(19)15-11-5-4-9(3)6-10(11)14/h4-6,8H,7H2,1-3H3,(H,15,19)(H,17,18). The summed E-state index contributed by atoms with van der Waals surface area (Å²) < 4.78 is 0. The lowest BCUT2D eigenvalue weighted by Crippen LogP contribution is -2.43. The Bertz CT molecular complexity index is 489. The molecule has 0 aliphatic rings. The highest BCUT2D eigenvalue weighted by molar-refractivity contribution is 6.33. The first kappa shape index (κ1) is 15.3. The molecule has 0 saturated carbocycles. The molecule has 2 N–H and O–H groups in total. The number of hydrogen-bond acceptors (Lipinski definition) is 2. The summed E-state index contributed by atoms with van der Waals surface area (Å²) in [6.45, 7) is 5.04. The maximum Gasteiger partial charge on any atom is 0.323 e. The fourth-order valence-electron chi connectivity index (χ4n) is 1.54. The van der Waals surface area contributed by atoms with Crippen molar-refractivity contribution in [2.24, 2.45) is 0 Å². The molecule has 0 fully saturated rings. The van der Waals surface area contributed by atoms with Crippen molar-refractivity contribution in [3.8, 4) is 0 Å². The molecule has 0 saturated heterocycles. The van der Waals surface area contributed by atoms with E-state index in [1.807, 2.05) is 13.0 Å². The molecule has 0 spiro atoms. The number of carbonyl (C=O) groups excluding carboxylic acids is 1. The Morgan fingerprint density at radius 2 is 2.05 bits per heavy atom. The van der Waals surface area contributed by atoms with Gasteiger partial charge < -0.3 is 15.3 Å². The zero-order valence-electron chi connectivity index (χ0n) is 11.1. The van der Waals surface area contributed by atoms with E-state index in [-0.39, 0.29) is 12.6 Å². The molecule has 2 amide bonds. The van der Waals surface area contributed by atoms with Crippen molar-refractivity contribution in [1.29, 1.82) is 0 Å². The van der Waals surface area contributed by atoms with E-state index in [4.69, 9.17) is 16.7 Å². The number of carbonyl (C=O) groups is 2. The molecule has 0 aromatic heterocycles. The van der Waals surface area contributed by atoms with Crippen LogP contribution in [-0.2, 0) is 4.79 Å². The Hall–Kier alpha value is -1.75. The van der Waals surface area contributed by atoms with E-state index in [0.29, 0.717) is 10.7 Å². The third-order valence-electron chi connectivity index (χ3n) is 2.56. The average molecular weight is 285 g/mol. The van der Waals surface area contributed by atoms with Gasteiger partial charge in [0.2, 0.25) is 0 Å². The normalized spacial score (nSPS) is 10.4. The number of carboxylic acids is 1. The molecule has 0 aliphatic carbocycles. The predicted octanol–water partition coefficient (Wildman–Crippen LogP) is 2.98. The highest BCUT2D eigenvalue weighted by Gasteiger charge is 2.20. The Kier molecular flexibility index (Phi) is 5.18. The van der Waals surface area contributed by atoms with Crippen LogP contribution in [0, 0.1) is 6.92 Å². The van der Waals surface area contributed by atoms with E-state index in [9.17, 15) is 9.59 Å². The molecule has 1 rings (SSSR count). The van der Waals surface area contributed by atoms with E-state index < -0.39 is 12.0 Å². The number of amides is 2. The molecule has 0 atom stereocenters. The van der Waals surface area contributed by atoms with Crippen molar-refractivity contribution in [3.63, 3.8) is 0 Å². The van der Waals surface area contributed by atoms with Gasteiger partial charge in [-0.05, 0) is 38.5 Å². The number of nitrogens with zero attached hydrogens (tertiary/aromatic N) is 1. The van der Waals surface area contributed by atoms with E-state index >= 15 is 0 Å². The van der Waals surface area contributed by atoms with Gasteiger partial charge in [-0.15, -0.1) is 0 Å². The monoisotopic (exact) mass is 284 g/mol. The predicted molar refractivity (Wildman–Crippen MR) is 74.7 cm³/mol. The minimum Gasteiger partial charge on any atom is -0.480 e. The molecule has 6 heteroatoms. The molecule has 5 nitrogen and oxygen atoms in total. The number of rotatable bonds is 4. The number of halogens is 1. The SMILES string of the molecule is Cc1ccc(NC(=O)N(CC(=O)O)C(C)C)c(Cl)c1. The van der Waals surface area contributed by atoms with Crippen LogP contribution in [0.1, 0.15) is 19.4 Å². The maximum absolute atomic E-state index is 12.0. The Labute approximate surface area is 117 Å². The second-order valence-electron chi connectivity index (χ2n) is 4.53. The molecule has 0 bridgehead atoms. The van der Waals surface area contributed by atoms with Gasteiger partial charge in [0, 0.05) is 6.04 Å². The average Bonchev–Trinajstić information content (AvgIpc) is 2.29. The quantitative estimate of drug-likeness (QED) is 0.893. The number of aliphatic carboxylic acids is 1. The maximum atomic E-state index is 12.0. The van der Waals surface area contributed by atoms with Gasteiger partial charge in [-0.25, -0.2) is 4.79 Å². The number of nitrogens with one attached hydrogen (secondary N) is 1. The van der Waals surface area contributed by atoms with Crippen molar-refractivity contribution in [2.75, 3.05) is 11.9 Å². The molecular weight excluding hydrogens is 268 g/mol. The molecule has 19 heavy (non-hydrogen) atoms. The summed E-state index contributed by atoms with van der Waals surface area (Å²) in [5.74, 6) is -1.06. The molecule has 0 aliphatic heterocycles. The van der Waals surface area contributed by atoms with Crippen LogP contribution in [0.4, 0.5) is 10.5 Å². The molecule has 104 valence electrons. The van der Waals surface area contributed by atoms with Crippen molar-refractivity contribution in [1.82, 2.24) is 4.90 Å². The fraction of sp³-hybridized carbons (Fsp3) is 0.385. The van der Waals surface area contributed by atoms with Gasteiger partial charge in [0.1, 0.15) is 6.54 Å². The summed E-state index contributed by atoms with van der Waals surface area (Å²) in [7, 11) is 0. The van der Waals surface area contributed by atoms with Gasteiger partial charge >= 0.3 is 12.0 Å². The Balaban J connectivity index is 2.84. The van der Waals surface area contributed by atoms with Crippen LogP contribution in [0.25, 0.3) is 0 Å². The first-order valence-electron chi connectivity index (χ1n) is 5.87. The van der Waals surface area contributed by atoms with Crippen LogP contribution < -0.4 is 5.32 Å². The largest absolute Gasteiger partial charge is 0.480 e. The Morgan fingerprint density at radius 1 is 1.42 bits per heavy atom. The van der Waals surface area contributed by atoms with Crippen LogP contribution in [0.5, 0.6) is 0 Å². The van der Waals surface area contributed by atoms with E-state index in [1.165, 1.54) is 4.90 Å². The zero-order chi connectivity index (χ0) is 14.6. The van der Waals surface area contributed by atoms with E-state index in [2.05, 4.69) is 5.32 Å². The number of carboxylic acid groups (broad SMARTS) is 1. The zero-order valence-corrected chi connectivity index (χ0v) is 11.9. The van der Waals surface area contributed by atoms with Crippen molar-refractivity contribution in [3.05, 3.63) is 28.8 Å². The summed E-state index contributed by atoms with van der Waals surface area (Å²) in [6, 6.07) is 4.53. The number of urea groups is 1. The molecule has 0 heterocycles. The van der Waals surface area contributed by atoms with Crippen LogP contribution >= 0.6 is 11.6 Å². The third kappa shape index (κ3) is 4.44. The lowest BCUT2D eigenvalue weighted by molar-refractivity contribution is -0.137. The van der Waals surface area contributed by atoms with Crippen molar-refractivity contribution in [2.45, 2.75) is 26.8 Å². The van der Waals surface area contributed by atoms with Crippen molar-refractivity contribution < 1.29 is 14.7 Å². The summed E-state index contributed by atoms with van der Waals surface area (Å²) >= 11 is 6.01. The highest BCUT2D eigenvalue weighted by Crippen LogP contribution is 2.23. The molecule has 0 radical (unpaired) electrons. The summed E-state index contributed by atoms with van der Waals surface area (Å²) in [4.78, 5) is 24.0. The molecule has 1 aromatic carbocycles. The molecular formula is C13H17ClN2O3. The van der Waals surface area contributed by atoms with Crippen LogP contribution in [-0.4, -0.2) is 34.6 Å². The topological polar surface area (TPSA) is 69.6 Å². The number of hydrogen-bond donors (Lipinski definition) is 2. The van der Waals surface area contributed by atoms with Gasteiger partial charge in [0.25, 0.3) is 0 Å². The first-order chi connectivity index (χ1) is 8.81. The lowest BCUT2D eigenvalue weighted by Gasteiger charge is -2.25. The second kappa shape index (κ2) is 6.43.